The number of aromatic nitrogens is 2. The first kappa shape index (κ1) is 21.9. The highest BCUT2D eigenvalue weighted by molar-refractivity contribution is 7.89. The summed E-state index contributed by atoms with van der Waals surface area (Å²) in [7, 11) is -3.56. The molecule has 0 spiro atoms. The zero-order chi connectivity index (χ0) is 21.7. The van der Waals surface area contributed by atoms with Gasteiger partial charge in [0.25, 0.3) is 0 Å². The number of ether oxygens (including phenoxy) is 1. The molecule has 1 atom stereocenters. The number of pyridine rings is 2. The second-order valence-corrected chi connectivity index (χ2v) is 9.95. The standard InChI is InChI=1S/C21H29N5O4S/c27-21-6-3-17(14-24-21)12-22-13-18-2-1-7-26(16-18)31(28,29)19-4-5-20(23-15-19)25-8-10-30-11-9-25/h3-6,14-15,18,22H,1-2,7-13,16H2,(H,24,27)/t18-/m0/s1. The normalized spacial score (nSPS) is 20.6. The van der Waals surface area contributed by atoms with E-state index in [1.807, 2.05) is 0 Å². The number of piperidine rings is 1. The highest BCUT2D eigenvalue weighted by atomic mass is 32.2. The van der Waals surface area contributed by atoms with Crippen LogP contribution in [0.25, 0.3) is 0 Å². The van der Waals surface area contributed by atoms with E-state index in [0.29, 0.717) is 32.8 Å². The van der Waals surface area contributed by atoms with Gasteiger partial charge in [0.15, 0.2) is 0 Å². The summed E-state index contributed by atoms with van der Waals surface area (Å²) in [6.45, 7) is 5.22. The highest BCUT2D eigenvalue weighted by Gasteiger charge is 2.30. The van der Waals surface area contributed by atoms with Crippen LogP contribution in [-0.4, -0.2) is 68.6 Å². The van der Waals surface area contributed by atoms with Crippen LogP contribution in [0.3, 0.4) is 0 Å². The lowest BCUT2D eigenvalue weighted by atomic mass is 10.00. The Balaban J connectivity index is 1.34. The Labute approximate surface area is 182 Å². The molecule has 9 nitrogen and oxygen atoms in total. The first-order valence-electron chi connectivity index (χ1n) is 10.7. The Morgan fingerprint density at radius 1 is 1.16 bits per heavy atom. The van der Waals surface area contributed by atoms with Gasteiger partial charge in [-0.15, -0.1) is 0 Å². The molecular weight excluding hydrogens is 418 g/mol. The molecule has 0 aromatic carbocycles. The van der Waals surface area contributed by atoms with E-state index < -0.39 is 10.0 Å². The van der Waals surface area contributed by atoms with E-state index in [9.17, 15) is 13.2 Å². The summed E-state index contributed by atoms with van der Waals surface area (Å²) < 4.78 is 33.2. The molecule has 2 aromatic rings. The molecular formula is C21H29N5O4S. The van der Waals surface area contributed by atoms with Gasteiger partial charge in [-0.2, -0.15) is 4.31 Å². The van der Waals surface area contributed by atoms with Crippen LogP contribution in [0.15, 0.2) is 46.3 Å². The SMILES string of the molecule is O=c1ccc(CNC[C@@H]2CCCN(S(=O)(=O)c3ccc(N4CCOCC4)nc3)C2)c[nH]1. The van der Waals surface area contributed by atoms with Gasteiger partial charge in [0.1, 0.15) is 10.7 Å². The summed E-state index contributed by atoms with van der Waals surface area (Å²) in [5.41, 5.74) is 0.871. The molecule has 2 aromatic heterocycles. The molecule has 2 fully saturated rings. The molecule has 0 unspecified atom stereocenters. The van der Waals surface area contributed by atoms with E-state index in [0.717, 1.165) is 43.9 Å². The number of hydrogen-bond donors (Lipinski definition) is 2. The zero-order valence-corrected chi connectivity index (χ0v) is 18.3. The van der Waals surface area contributed by atoms with Crippen molar-refractivity contribution in [1.29, 1.82) is 0 Å². The van der Waals surface area contributed by atoms with Crippen molar-refractivity contribution >= 4 is 15.8 Å². The molecule has 0 saturated carbocycles. The fourth-order valence-electron chi connectivity index (χ4n) is 4.04. The topological polar surface area (TPSA) is 108 Å². The van der Waals surface area contributed by atoms with E-state index in [1.54, 1.807) is 28.7 Å². The smallest absolute Gasteiger partial charge is 0.247 e. The zero-order valence-electron chi connectivity index (χ0n) is 17.5. The summed E-state index contributed by atoms with van der Waals surface area (Å²) in [5, 5.41) is 3.37. The molecule has 4 rings (SSSR count). The average molecular weight is 448 g/mol. The van der Waals surface area contributed by atoms with Gasteiger partial charge >= 0.3 is 0 Å². The van der Waals surface area contributed by atoms with Crippen LogP contribution in [0.5, 0.6) is 0 Å². The Kier molecular flexibility index (Phi) is 7.01. The number of morpholine rings is 1. The first-order valence-corrected chi connectivity index (χ1v) is 12.1. The van der Waals surface area contributed by atoms with Crippen LogP contribution in [0.2, 0.25) is 0 Å². The highest BCUT2D eigenvalue weighted by Crippen LogP contribution is 2.24. The predicted octanol–water partition coefficient (Wildman–Crippen LogP) is 0.797. The molecule has 4 heterocycles. The first-order chi connectivity index (χ1) is 15.0. The Bertz CT molecular complexity index is 998. The van der Waals surface area contributed by atoms with E-state index in [2.05, 4.69) is 20.2 Å². The van der Waals surface area contributed by atoms with Crippen molar-refractivity contribution in [3.05, 3.63) is 52.6 Å². The fourth-order valence-corrected chi connectivity index (χ4v) is 5.54. The van der Waals surface area contributed by atoms with Crippen LogP contribution in [-0.2, 0) is 21.3 Å². The van der Waals surface area contributed by atoms with Gasteiger partial charge < -0.3 is 19.9 Å². The van der Waals surface area contributed by atoms with Gasteiger partial charge in [-0.25, -0.2) is 13.4 Å². The van der Waals surface area contributed by atoms with E-state index in [-0.39, 0.29) is 16.4 Å². The third-order valence-corrected chi connectivity index (χ3v) is 7.63. The minimum absolute atomic E-state index is 0.121. The van der Waals surface area contributed by atoms with E-state index in [4.69, 9.17) is 4.74 Å². The van der Waals surface area contributed by atoms with Crippen LogP contribution >= 0.6 is 0 Å². The van der Waals surface area contributed by atoms with Crippen LogP contribution in [0.4, 0.5) is 5.82 Å². The lowest BCUT2D eigenvalue weighted by molar-refractivity contribution is 0.122. The minimum Gasteiger partial charge on any atom is -0.378 e. The maximum Gasteiger partial charge on any atom is 0.247 e. The Hall–Kier alpha value is -2.27. The molecule has 2 N–H and O–H groups in total. The number of hydrogen-bond acceptors (Lipinski definition) is 7. The van der Waals surface area contributed by atoms with E-state index >= 15 is 0 Å². The van der Waals surface area contributed by atoms with Crippen molar-refractivity contribution in [1.82, 2.24) is 19.6 Å². The monoisotopic (exact) mass is 447 g/mol. The summed E-state index contributed by atoms with van der Waals surface area (Å²) in [6.07, 6.45) is 4.99. The van der Waals surface area contributed by atoms with Gasteiger partial charge in [-0.1, -0.05) is 6.07 Å². The summed E-state index contributed by atoms with van der Waals surface area (Å²) >= 11 is 0. The third kappa shape index (κ3) is 5.51. The van der Waals surface area contributed by atoms with Gasteiger partial charge in [-0.3, -0.25) is 4.79 Å². The predicted molar refractivity (Wildman–Crippen MR) is 118 cm³/mol. The van der Waals surface area contributed by atoms with Crippen LogP contribution in [0, 0.1) is 5.92 Å². The largest absolute Gasteiger partial charge is 0.378 e. The second-order valence-electron chi connectivity index (χ2n) is 8.01. The quantitative estimate of drug-likeness (QED) is 0.646. The second kappa shape index (κ2) is 9.90. The number of nitrogens with zero attached hydrogens (tertiary/aromatic N) is 3. The Morgan fingerprint density at radius 2 is 2.00 bits per heavy atom. The molecule has 31 heavy (non-hydrogen) atoms. The maximum absolute atomic E-state index is 13.1. The number of nitrogens with one attached hydrogen (secondary N) is 2. The third-order valence-electron chi connectivity index (χ3n) is 5.79. The van der Waals surface area contributed by atoms with Crippen LogP contribution in [0.1, 0.15) is 18.4 Å². The van der Waals surface area contributed by atoms with Crippen molar-refractivity contribution in [2.45, 2.75) is 24.3 Å². The van der Waals surface area contributed by atoms with Gasteiger partial charge in [0.2, 0.25) is 15.6 Å². The van der Waals surface area contributed by atoms with Crippen molar-refractivity contribution in [3.63, 3.8) is 0 Å². The van der Waals surface area contributed by atoms with Gasteiger partial charge in [0.05, 0.1) is 13.2 Å². The summed E-state index contributed by atoms with van der Waals surface area (Å²) in [5.74, 6) is 1.03. The maximum atomic E-state index is 13.1. The minimum atomic E-state index is -3.56. The van der Waals surface area contributed by atoms with Crippen molar-refractivity contribution in [2.75, 3.05) is 50.8 Å². The molecule has 10 heteroatoms. The molecule has 0 bridgehead atoms. The molecule has 0 radical (unpaired) electrons. The number of rotatable bonds is 7. The molecule has 0 aliphatic carbocycles. The number of anilines is 1. The van der Waals surface area contributed by atoms with Gasteiger partial charge in [-0.05, 0) is 43.0 Å². The average Bonchev–Trinajstić information content (AvgIpc) is 2.81. The molecule has 168 valence electrons. The number of sulfonamides is 1. The summed E-state index contributed by atoms with van der Waals surface area (Å²) in [6, 6.07) is 6.73. The van der Waals surface area contributed by atoms with E-state index in [1.165, 1.54) is 12.3 Å². The molecule has 0 amide bonds. The van der Waals surface area contributed by atoms with Crippen molar-refractivity contribution in [2.24, 2.45) is 5.92 Å². The molecule has 2 aliphatic heterocycles. The molecule has 2 saturated heterocycles. The summed E-state index contributed by atoms with van der Waals surface area (Å²) in [4.78, 5) is 20.5. The fraction of sp³-hybridized carbons (Fsp3) is 0.524. The van der Waals surface area contributed by atoms with Gasteiger partial charge in [0, 0.05) is 51.2 Å². The Morgan fingerprint density at radius 3 is 2.71 bits per heavy atom. The lowest BCUT2D eigenvalue weighted by Crippen LogP contribution is -2.42. The lowest BCUT2D eigenvalue weighted by Gasteiger charge is -2.32. The number of H-pyrrole nitrogens is 1. The van der Waals surface area contributed by atoms with Crippen molar-refractivity contribution in [3.8, 4) is 0 Å². The number of aromatic amines is 1. The van der Waals surface area contributed by atoms with Crippen molar-refractivity contribution < 1.29 is 13.2 Å². The molecule has 2 aliphatic rings. The van der Waals surface area contributed by atoms with Crippen LogP contribution < -0.4 is 15.8 Å².